The van der Waals surface area contributed by atoms with E-state index in [0.717, 1.165) is 22.2 Å². The van der Waals surface area contributed by atoms with Crippen LogP contribution in [0.5, 0.6) is 0 Å². The first-order valence-electron chi connectivity index (χ1n) is 4.56. The minimum absolute atomic E-state index is 0.107. The summed E-state index contributed by atoms with van der Waals surface area (Å²) in [5.74, 6) is -0.802. The van der Waals surface area contributed by atoms with Crippen molar-refractivity contribution in [3.05, 3.63) is 20.3 Å². The first-order chi connectivity index (χ1) is 6.53. The van der Waals surface area contributed by atoms with Gasteiger partial charge >= 0.3 is 5.97 Å². The number of carboxylic acids is 1. The SMILES string of the molecule is CC1(c2cc(Br)sc2C(=O)O)CCC1. The normalized spacial score (nSPS) is 19.0. The highest BCUT2D eigenvalue weighted by molar-refractivity contribution is 9.11. The summed E-state index contributed by atoms with van der Waals surface area (Å²) >= 11 is 4.67. The van der Waals surface area contributed by atoms with E-state index in [-0.39, 0.29) is 5.41 Å². The van der Waals surface area contributed by atoms with Crippen molar-refractivity contribution in [1.82, 2.24) is 0 Å². The van der Waals surface area contributed by atoms with Gasteiger partial charge in [0.15, 0.2) is 0 Å². The van der Waals surface area contributed by atoms with Crippen LogP contribution in [0.25, 0.3) is 0 Å². The highest BCUT2D eigenvalue weighted by atomic mass is 79.9. The predicted molar refractivity (Wildman–Crippen MR) is 60.2 cm³/mol. The molecule has 0 saturated heterocycles. The highest BCUT2D eigenvalue weighted by Crippen LogP contribution is 2.47. The van der Waals surface area contributed by atoms with E-state index in [0.29, 0.717) is 4.88 Å². The van der Waals surface area contributed by atoms with Crippen LogP contribution in [0.3, 0.4) is 0 Å². The van der Waals surface area contributed by atoms with E-state index in [1.54, 1.807) is 0 Å². The fourth-order valence-electron chi connectivity index (χ4n) is 1.94. The van der Waals surface area contributed by atoms with E-state index in [2.05, 4.69) is 22.9 Å². The van der Waals surface area contributed by atoms with Gasteiger partial charge in [0.25, 0.3) is 0 Å². The Morgan fingerprint density at radius 2 is 2.29 bits per heavy atom. The molecule has 76 valence electrons. The van der Waals surface area contributed by atoms with Gasteiger partial charge in [0, 0.05) is 0 Å². The summed E-state index contributed by atoms with van der Waals surface area (Å²) in [6.07, 6.45) is 3.43. The van der Waals surface area contributed by atoms with Gasteiger partial charge in [0.1, 0.15) is 4.88 Å². The van der Waals surface area contributed by atoms with Crippen molar-refractivity contribution in [3.63, 3.8) is 0 Å². The molecule has 0 atom stereocenters. The standard InChI is InChI=1S/C10H11BrO2S/c1-10(3-2-4-10)6-5-7(11)14-8(6)9(12)13/h5H,2-4H2,1H3,(H,12,13). The molecular formula is C10H11BrO2S. The predicted octanol–water partition coefficient (Wildman–Crippen LogP) is 3.65. The zero-order chi connectivity index (χ0) is 10.3. The molecule has 4 heteroatoms. The lowest BCUT2D eigenvalue weighted by Gasteiger charge is -2.38. The fraction of sp³-hybridized carbons (Fsp3) is 0.500. The monoisotopic (exact) mass is 274 g/mol. The number of rotatable bonds is 2. The molecule has 1 aromatic heterocycles. The summed E-state index contributed by atoms with van der Waals surface area (Å²) in [6, 6.07) is 1.97. The Kier molecular flexibility index (Phi) is 2.43. The maximum absolute atomic E-state index is 11.0. The third-order valence-electron chi connectivity index (χ3n) is 3.00. The van der Waals surface area contributed by atoms with Crippen LogP contribution in [0.2, 0.25) is 0 Å². The lowest BCUT2D eigenvalue weighted by atomic mass is 9.66. The third kappa shape index (κ3) is 1.50. The molecule has 0 aromatic carbocycles. The van der Waals surface area contributed by atoms with Crippen LogP contribution in [-0.4, -0.2) is 11.1 Å². The van der Waals surface area contributed by atoms with Gasteiger partial charge in [-0.15, -0.1) is 11.3 Å². The molecule has 1 N–H and O–H groups in total. The molecule has 1 aliphatic rings. The maximum atomic E-state index is 11.0. The molecule has 1 aromatic rings. The molecule has 0 radical (unpaired) electrons. The van der Waals surface area contributed by atoms with Crippen LogP contribution in [0.1, 0.15) is 41.4 Å². The number of hydrogen-bond donors (Lipinski definition) is 1. The second-order valence-corrected chi connectivity index (χ2v) is 6.44. The molecule has 2 nitrogen and oxygen atoms in total. The molecule has 1 aliphatic carbocycles. The van der Waals surface area contributed by atoms with E-state index < -0.39 is 5.97 Å². The number of carbonyl (C=O) groups is 1. The Morgan fingerprint density at radius 1 is 1.64 bits per heavy atom. The van der Waals surface area contributed by atoms with Crippen molar-refractivity contribution in [2.24, 2.45) is 0 Å². The van der Waals surface area contributed by atoms with Gasteiger partial charge in [-0.25, -0.2) is 4.79 Å². The van der Waals surface area contributed by atoms with Gasteiger partial charge in [-0.1, -0.05) is 13.3 Å². The number of carboxylic acid groups (broad SMARTS) is 1. The quantitative estimate of drug-likeness (QED) is 0.894. The molecule has 14 heavy (non-hydrogen) atoms. The Bertz CT molecular complexity index is 379. The summed E-state index contributed by atoms with van der Waals surface area (Å²) in [7, 11) is 0. The van der Waals surface area contributed by atoms with Crippen molar-refractivity contribution in [1.29, 1.82) is 0 Å². The van der Waals surface area contributed by atoms with Crippen LogP contribution >= 0.6 is 27.3 Å². The molecule has 1 fully saturated rings. The molecule has 0 bridgehead atoms. The maximum Gasteiger partial charge on any atom is 0.346 e. The van der Waals surface area contributed by atoms with Crippen molar-refractivity contribution in [2.75, 3.05) is 0 Å². The van der Waals surface area contributed by atoms with Crippen LogP contribution in [0.15, 0.2) is 9.85 Å². The minimum Gasteiger partial charge on any atom is -0.477 e. The van der Waals surface area contributed by atoms with Crippen molar-refractivity contribution in [2.45, 2.75) is 31.6 Å². The van der Waals surface area contributed by atoms with Crippen molar-refractivity contribution >= 4 is 33.2 Å². The summed E-state index contributed by atoms with van der Waals surface area (Å²) < 4.78 is 0.915. The van der Waals surface area contributed by atoms with E-state index >= 15 is 0 Å². The lowest BCUT2D eigenvalue weighted by Crippen LogP contribution is -2.31. The van der Waals surface area contributed by atoms with Crippen LogP contribution in [0.4, 0.5) is 0 Å². The average molecular weight is 275 g/mol. The second kappa shape index (κ2) is 3.35. The van der Waals surface area contributed by atoms with Gasteiger partial charge in [-0.2, -0.15) is 0 Å². The average Bonchev–Trinajstić information content (AvgIpc) is 2.43. The summed E-state index contributed by atoms with van der Waals surface area (Å²) in [5, 5.41) is 9.05. The van der Waals surface area contributed by atoms with E-state index in [1.165, 1.54) is 17.8 Å². The highest BCUT2D eigenvalue weighted by Gasteiger charge is 2.37. The first kappa shape index (κ1) is 10.2. The molecule has 0 spiro atoms. The van der Waals surface area contributed by atoms with Gasteiger partial charge in [-0.3, -0.25) is 0 Å². The van der Waals surface area contributed by atoms with Crippen LogP contribution in [-0.2, 0) is 5.41 Å². The Hall–Kier alpha value is -0.350. The molecule has 0 aliphatic heterocycles. The van der Waals surface area contributed by atoms with Gasteiger partial charge in [0.2, 0.25) is 0 Å². The zero-order valence-corrected chi connectivity index (χ0v) is 10.2. The molecule has 0 amide bonds. The van der Waals surface area contributed by atoms with E-state index in [9.17, 15) is 4.79 Å². The van der Waals surface area contributed by atoms with Gasteiger partial charge < -0.3 is 5.11 Å². The Morgan fingerprint density at radius 3 is 2.71 bits per heavy atom. The first-order valence-corrected chi connectivity index (χ1v) is 6.17. The van der Waals surface area contributed by atoms with Crippen molar-refractivity contribution < 1.29 is 9.90 Å². The Labute approximate surface area is 95.1 Å². The second-order valence-electron chi connectivity index (χ2n) is 4.01. The summed E-state index contributed by atoms with van der Waals surface area (Å²) in [6.45, 7) is 2.15. The third-order valence-corrected chi connectivity index (χ3v) is 4.63. The molecule has 0 unspecified atom stereocenters. The minimum atomic E-state index is -0.802. The zero-order valence-electron chi connectivity index (χ0n) is 7.84. The molecule has 1 heterocycles. The van der Waals surface area contributed by atoms with Gasteiger partial charge in [0.05, 0.1) is 3.79 Å². The van der Waals surface area contributed by atoms with Crippen LogP contribution < -0.4 is 0 Å². The summed E-state index contributed by atoms with van der Waals surface area (Å²) in [4.78, 5) is 11.5. The number of aromatic carboxylic acids is 1. The topological polar surface area (TPSA) is 37.3 Å². The molecular weight excluding hydrogens is 264 g/mol. The van der Waals surface area contributed by atoms with Crippen molar-refractivity contribution in [3.8, 4) is 0 Å². The van der Waals surface area contributed by atoms with Crippen LogP contribution in [0, 0.1) is 0 Å². The lowest BCUT2D eigenvalue weighted by molar-refractivity contribution is 0.0697. The number of thiophene rings is 1. The number of hydrogen-bond acceptors (Lipinski definition) is 2. The van der Waals surface area contributed by atoms with E-state index in [1.807, 2.05) is 6.07 Å². The van der Waals surface area contributed by atoms with E-state index in [4.69, 9.17) is 5.11 Å². The summed E-state index contributed by atoms with van der Waals surface area (Å²) in [5.41, 5.74) is 1.11. The Balaban J connectivity index is 2.46. The fourth-order valence-corrected chi connectivity index (χ4v) is 3.53. The molecule has 1 saturated carbocycles. The smallest absolute Gasteiger partial charge is 0.346 e. The number of halogens is 1. The van der Waals surface area contributed by atoms with Gasteiger partial charge in [-0.05, 0) is 45.8 Å². The molecule has 2 rings (SSSR count). The largest absolute Gasteiger partial charge is 0.477 e.